The van der Waals surface area contributed by atoms with E-state index in [4.69, 9.17) is 16.3 Å². The van der Waals surface area contributed by atoms with E-state index in [2.05, 4.69) is 10.1 Å². The number of rotatable bonds is 5. The highest BCUT2D eigenvalue weighted by Gasteiger charge is 2.23. The fourth-order valence-electron chi connectivity index (χ4n) is 1.39. The molecule has 0 aliphatic carbocycles. The van der Waals surface area contributed by atoms with Gasteiger partial charge in [0.25, 0.3) is 0 Å². The molecule has 98 valence electrons. The number of hydrogen-bond acceptors (Lipinski definition) is 4. The van der Waals surface area contributed by atoms with Crippen LogP contribution in [0.5, 0.6) is 5.75 Å². The van der Waals surface area contributed by atoms with E-state index < -0.39 is 17.9 Å². The lowest BCUT2D eigenvalue weighted by Gasteiger charge is -2.16. The van der Waals surface area contributed by atoms with Crippen molar-refractivity contribution in [1.29, 1.82) is 0 Å². The number of halogens is 1. The number of alkyl halides is 1. The molecule has 1 N–H and O–H groups in total. The first-order valence-electron chi connectivity index (χ1n) is 5.19. The number of amides is 1. The van der Waals surface area contributed by atoms with Gasteiger partial charge in [0.05, 0.1) is 14.2 Å². The van der Waals surface area contributed by atoms with Crippen LogP contribution in [0.15, 0.2) is 24.3 Å². The van der Waals surface area contributed by atoms with Crippen molar-refractivity contribution in [3.8, 4) is 5.75 Å². The Morgan fingerprint density at radius 2 is 1.89 bits per heavy atom. The molecule has 0 heterocycles. The molecule has 0 aromatic heterocycles. The van der Waals surface area contributed by atoms with Crippen molar-refractivity contribution in [2.45, 2.75) is 6.04 Å². The van der Waals surface area contributed by atoms with Gasteiger partial charge < -0.3 is 14.8 Å². The summed E-state index contributed by atoms with van der Waals surface area (Å²) in [6, 6.07) is 5.87. The number of methoxy groups -OCH3 is 2. The highest BCUT2D eigenvalue weighted by Crippen LogP contribution is 2.18. The monoisotopic (exact) mass is 271 g/mol. The second-order valence-electron chi connectivity index (χ2n) is 3.43. The van der Waals surface area contributed by atoms with Crippen LogP contribution in [0.4, 0.5) is 0 Å². The van der Waals surface area contributed by atoms with Crippen molar-refractivity contribution < 1.29 is 19.1 Å². The second-order valence-corrected chi connectivity index (χ2v) is 3.70. The van der Waals surface area contributed by atoms with E-state index in [1.54, 1.807) is 31.4 Å². The number of ether oxygens (including phenoxy) is 2. The molecule has 0 spiro atoms. The van der Waals surface area contributed by atoms with E-state index >= 15 is 0 Å². The summed E-state index contributed by atoms with van der Waals surface area (Å²) in [6.07, 6.45) is 0. The molecule has 0 unspecified atom stereocenters. The molecule has 1 aromatic carbocycles. The molecule has 1 aromatic rings. The number of benzene rings is 1. The highest BCUT2D eigenvalue weighted by atomic mass is 35.5. The van der Waals surface area contributed by atoms with Gasteiger partial charge in [-0.25, -0.2) is 4.79 Å². The Kier molecular flexibility index (Phi) is 5.45. The van der Waals surface area contributed by atoms with Crippen molar-refractivity contribution in [2.24, 2.45) is 0 Å². The number of nitrogens with one attached hydrogen (secondary N) is 1. The Bertz CT molecular complexity index is 419. The van der Waals surface area contributed by atoms with Gasteiger partial charge in [0.2, 0.25) is 5.91 Å². The van der Waals surface area contributed by atoms with Crippen LogP contribution in [-0.4, -0.2) is 32.0 Å². The Morgan fingerprint density at radius 3 is 2.33 bits per heavy atom. The number of hydrogen-bond donors (Lipinski definition) is 1. The van der Waals surface area contributed by atoms with E-state index in [-0.39, 0.29) is 5.88 Å². The molecule has 0 aliphatic heterocycles. The maximum atomic E-state index is 11.6. The van der Waals surface area contributed by atoms with Crippen LogP contribution in [-0.2, 0) is 14.3 Å². The van der Waals surface area contributed by atoms with Gasteiger partial charge in [0.15, 0.2) is 6.04 Å². The van der Waals surface area contributed by atoms with Crippen molar-refractivity contribution in [2.75, 3.05) is 20.1 Å². The van der Waals surface area contributed by atoms with Crippen molar-refractivity contribution in [3.05, 3.63) is 29.8 Å². The van der Waals surface area contributed by atoms with E-state index in [9.17, 15) is 9.59 Å². The lowest BCUT2D eigenvalue weighted by molar-refractivity contribution is -0.145. The lowest BCUT2D eigenvalue weighted by Crippen LogP contribution is -2.35. The van der Waals surface area contributed by atoms with Crippen LogP contribution in [0.3, 0.4) is 0 Å². The van der Waals surface area contributed by atoms with Gasteiger partial charge in [-0.3, -0.25) is 4.79 Å². The summed E-state index contributed by atoms with van der Waals surface area (Å²) in [5.41, 5.74) is 0.598. The normalized spacial score (nSPS) is 11.5. The average molecular weight is 272 g/mol. The Balaban J connectivity index is 2.93. The Hall–Kier alpha value is -1.75. The number of carbonyl (C=O) groups is 2. The van der Waals surface area contributed by atoms with Crippen LogP contribution in [0.25, 0.3) is 0 Å². The molecular formula is C12H14ClNO4. The first-order valence-corrected chi connectivity index (χ1v) is 5.73. The van der Waals surface area contributed by atoms with Gasteiger partial charge in [-0.15, -0.1) is 11.6 Å². The van der Waals surface area contributed by atoms with Gasteiger partial charge in [0, 0.05) is 0 Å². The first-order chi connectivity index (χ1) is 8.62. The minimum atomic E-state index is -0.868. The number of carbonyl (C=O) groups excluding carboxylic acids is 2. The number of esters is 1. The van der Waals surface area contributed by atoms with E-state index in [0.29, 0.717) is 11.3 Å². The summed E-state index contributed by atoms with van der Waals surface area (Å²) < 4.78 is 9.65. The molecule has 1 amide bonds. The fourth-order valence-corrected chi connectivity index (χ4v) is 1.47. The third-order valence-corrected chi connectivity index (χ3v) is 2.56. The van der Waals surface area contributed by atoms with Crippen LogP contribution >= 0.6 is 11.6 Å². The lowest BCUT2D eigenvalue weighted by atomic mass is 10.1. The SMILES string of the molecule is COC(=O)[C@@H](NC(=O)CCl)c1ccc(OC)cc1. The summed E-state index contributed by atoms with van der Waals surface area (Å²) >= 11 is 5.39. The maximum Gasteiger partial charge on any atom is 0.333 e. The van der Waals surface area contributed by atoms with Gasteiger partial charge in [-0.05, 0) is 17.7 Å². The zero-order valence-corrected chi connectivity index (χ0v) is 10.9. The predicted octanol–water partition coefficient (Wildman–Crippen LogP) is 1.26. The van der Waals surface area contributed by atoms with Crippen LogP contribution in [0.1, 0.15) is 11.6 Å². The van der Waals surface area contributed by atoms with Gasteiger partial charge >= 0.3 is 5.97 Å². The summed E-state index contributed by atoms with van der Waals surface area (Å²) in [5, 5.41) is 2.48. The summed E-state index contributed by atoms with van der Waals surface area (Å²) in [5.74, 6) is -0.559. The molecule has 0 radical (unpaired) electrons. The largest absolute Gasteiger partial charge is 0.497 e. The van der Waals surface area contributed by atoms with Crippen molar-refractivity contribution >= 4 is 23.5 Å². The molecule has 6 heteroatoms. The first kappa shape index (κ1) is 14.3. The minimum Gasteiger partial charge on any atom is -0.497 e. The fraction of sp³-hybridized carbons (Fsp3) is 0.333. The summed E-state index contributed by atoms with van der Waals surface area (Å²) in [6.45, 7) is 0. The molecule has 1 atom stereocenters. The highest BCUT2D eigenvalue weighted by molar-refractivity contribution is 6.27. The Labute approximate surface area is 110 Å². The molecule has 5 nitrogen and oxygen atoms in total. The Morgan fingerprint density at radius 1 is 1.28 bits per heavy atom. The van der Waals surface area contributed by atoms with E-state index in [0.717, 1.165) is 0 Å². The third-order valence-electron chi connectivity index (χ3n) is 2.31. The zero-order chi connectivity index (χ0) is 13.5. The van der Waals surface area contributed by atoms with Crippen molar-refractivity contribution in [1.82, 2.24) is 5.32 Å². The van der Waals surface area contributed by atoms with Crippen molar-refractivity contribution in [3.63, 3.8) is 0 Å². The average Bonchev–Trinajstić information content (AvgIpc) is 2.43. The predicted molar refractivity (Wildman–Crippen MR) is 66.6 cm³/mol. The molecule has 0 saturated carbocycles. The van der Waals surface area contributed by atoms with Gasteiger partial charge in [-0.1, -0.05) is 12.1 Å². The molecular weight excluding hydrogens is 258 g/mol. The van der Waals surface area contributed by atoms with E-state index in [1.807, 2.05) is 0 Å². The van der Waals surface area contributed by atoms with Gasteiger partial charge in [-0.2, -0.15) is 0 Å². The molecule has 0 fully saturated rings. The smallest absolute Gasteiger partial charge is 0.333 e. The molecule has 18 heavy (non-hydrogen) atoms. The quantitative estimate of drug-likeness (QED) is 0.647. The standard InChI is InChI=1S/C12H14ClNO4/c1-17-9-5-3-8(4-6-9)11(12(16)18-2)14-10(15)7-13/h3-6,11H,7H2,1-2H3,(H,14,15)/t11-/m0/s1. The van der Waals surface area contributed by atoms with Crippen LogP contribution < -0.4 is 10.1 Å². The molecule has 0 saturated heterocycles. The zero-order valence-electron chi connectivity index (χ0n) is 10.1. The molecule has 1 rings (SSSR count). The summed E-state index contributed by atoms with van der Waals surface area (Å²) in [7, 11) is 2.80. The van der Waals surface area contributed by atoms with Gasteiger partial charge in [0.1, 0.15) is 11.6 Å². The third kappa shape index (κ3) is 3.63. The maximum absolute atomic E-state index is 11.6. The van der Waals surface area contributed by atoms with Crippen LogP contribution in [0, 0.1) is 0 Å². The summed E-state index contributed by atoms with van der Waals surface area (Å²) in [4.78, 5) is 22.9. The minimum absolute atomic E-state index is 0.219. The molecule has 0 bridgehead atoms. The van der Waals surface area contributed by atoms with E-state index in [1.165, 1.54) is 7.11 Å². The second kappa shape index (κ2) is 6.86. The molecule has 0 aliphatic rings. The topological polar surface area (TPSA) is 64.6 Å². The van der Waals surface area contributed by atoms with Crippen LogP contribution in [0.2, 0.25) is 0 Å².